The van der Waals surface area contributed by atoms with Crippen LogP contribution in [0.4, 0.5) is 18.9 Å². The van der Waals surface area contributed by atoms with Crippen LogP contribution in [-0.2, 0) is 38.6 Å². The van der Waals surface area contributed by atoms with Crippen molar-refractivity contribution in [3.8, 4) is 16.9 Å². The van der Waals surface area contributed by atoms with Crippen molar-refractivity contribution in [2.45, 2.75) is 36.4 Å². The quantitative estimate of drug-likeness (QED) is 0.218. The van der Waals surface area contributed by atoms with E-state index in [2.05, 4.69) is 5.32 Å². The van der Waals surface area contributed by atoms with Gasteiger partial charge < -0.3 is 15.2 Å². The number of rotatable bonds is 11. The van der Waals surface area contributed by atoms with E-state index in [9.17, 15) is 31.2 Å². The number of nitrogens with zero attached hydrogens (tertiary/aromatic N) is 1. The summed E-state index contributed by atoms with van der Waals surface area (Å²) in [6.45, 7) is 0.290. The van der Waals surface area contributed by atoms with Gasteiger partial charge in [-0.15, -0.1) is 0 Å². The van der Waals surface area contributed by atoms with Crippen LogP contribution in [0.3, 0.4) is 0 Å². The third kappa shape index (κ3) is 7.28. The first kappa shape index (κ1) is 31.6. The minimum atomic E-state index is -4.51. The third-order valence-electron chi connectivity index (χ3n) is 7.38. The van der Waals surface area contributed by atoms with Crippen LogP contribution in [0.25, 0.3) is 11.1 Å². The van der Waals surface area contributed by atoms with Crippen molar-refractivity contribution >= 4 is 27.6 Å². The molecule has 0 saturated heterocycles. The highest BCUT2D eigenvalue weighted by Gasteiger charge is 2.42. The molecule has 0 unspecified atom stereocenters. The molecule has 5 rings (SSSR count). The van der Waals surface area contributed by atoms with Gasteiger partial charge in [0, 0.05) is 13.0 Å². The molecule has 0 bridgehead atoms. The lowest BCUT2D eigenvalue weighted by Gasteiger charge is -2.26. The number of ether oxygens (including phenoxy) is 1. The molecule has 1 amide bonds. The fourth-order valence-corrected chi connectivity index (χ4v) is 6.77. The van der Waals surface area contributed by atoms with Crippen molar-refractivity contribution in [2.24, 2.45) is 0 Å². The van der Waals surface area contributed by atoms with Gasteiger partial charge in [0.05, 0.1) is 29.2 Å². The number of carbonyl (C=O) groups is 2. The lowest BCUT2D eigenvalue weighted by Crippen LogP contribution is -2.48. The van der Waals surface area contributed by atoms with Gasteiger partial charge in [0.1, 0.15) is 11.8 Å². The Kier molecular flexibility index (Phi) is 9.14. The molecule has 1 heterocycles. The molecule has 0 aromatic heterocycles. The van der Waals surface area contributed by atoms with E-state index < -0.39 is 39.7 Å². The van der Waals surface area contributed by atoms with E-state index in [4.69, 9.17) is 9.84 Å². The molecule has 4 aromatic rings. The molecule has 1 aliphatic heterocycles. The molecule has 0 fully saturated rings. The maximum absolute atomic E-state index is 13.9. The zero-order chi connectivity index (χ0) is 32.2. The molecule has 2 N–H and O–H groups in total. The molecule has 1 atom stereocenters. The Morgan fingerprint density at radius 2 is 1.62 bits per heavy atom. The smallest absolute Gasteiger partial charge is 0.416 e. The predicted octanol–water partition coefficient (Wildman–Crippen LogP) is 5.70. The molecule has 234 valence electrons. The van der Waals surface area contributed by atoms with Gasteiger partial charge in [-0.25, -0.2) is 8.42 Å². The van der Waals surface area contributed by atoms with Gasteiger partial charge in [0.2, 0.25) is 5.91 Å². The van der Waals surface area contributed by atoms with E-state index >= 15 is 0 Å². The first-order valence-electron chi connectivity index (χ1n) is 14.0. The Balaban J connectivity index is 1.29. The number of carbonyl (C=O) groups excluding carboxylic acids is 1. The van der Waals surface area contributed by atoms with Gasteiger partial charge in [0.15, 0.2) is 0 Å². The summed E-state index contributed by atoms with van der Waals surface area (Å²) in [4.78, 5) is 23.9. The number of para-hydroxylation sites is 1. The number of fused-ring (bicyclic) bond motifs is 1. The van der Waals surface area contributed by atoms with Crippen LogP contribution in [0.5, 0.6) is 5.75 Å². The number of hydrogen-bond acceptors (Lipinski definition) is 5. The van der Waals surface area contributed by atoms with E-state index in [0.717, 1.165) is 22.0 Å². The molecular weight excluding hydrogens is 609 g/mol. The number of sulfonamides is 1. The molecule has 0 spiro atoms. The largest absolute Gasteiger partial charge is 0.493 e. The van der Waals surface area contributed by atoms with Gasteiger partial charge in [-0.2, -0.15) is 13.2 Å². The van der Waals surface area contributed by atoms with Crippen LogP contribution in [-0.4, -0.2) is 44.6 Å². The summed E-state index contributed by atoms with van der Waals surface area (Å²) in [7, 11) is -4.23. The van der Waals surface area contributed by atoms with E-state index in [1.807, 2.05) is 0 Å². The number of nitrogens with one attached hydrogen (secondary N) is 1. The van der Waals surface area contributed by atoms with Crippen molar-refractivity contribution in [3.63, 3.8) is 0 Å². The highest BCUT2D eigenvalue weighted by molar-refractivity contribution is 7.93. The Morgan fingerprint density at radius 1 is 0.911 bits per heavy atom. The van der Waals surface area contributed by atoms with E-state index in [1.165, 1.54) is 36.4 Å². The normalized spacial score (nSPS) is 14.6. The van der Waals surface area contributed by atoms with E-state index in [0.29, 0.717) is 29.0 Å². The second-order valence-corrected chi connectivity index (χ2v) is 12.2. The summed E-state index contributed by atoms with van der Waals surface area (Å²) < 4.78 is 74.0. The van der Waals surface area contributed by atoms with Crippen LogP contribution in [0.15, 0.2) is 102 Å². The number of halogens is 3. The topological polar surface area (TPSA) is 113 Å². The van der Waals surface area contributed by atoms with Crippen LogP contribution in [0.2, 0.25) is 0 Å². The Bertz CT molecular complexity index is 1790. The SMILES string of the molecule is O=C(O)CCOc1ccc(CCNC(=O)[C@@H]2Cc3ccccc3N2S(=O)(=O)c2ccc(-c3cccc(C(F)(F)F)c3)cc2)cc1. The van der Waals surface area contributed by atoms with Gasteiger partial charge in [-0.3, -0.25) is 13.9 Å². The summed E-state index contributed by atoms with van der Waals surface area (Å²) in [6, 6.07) is 23.2. The first-order chi connectivity index (χ1) is 21.4. The first-order valence-corrected chi connectivity index (χ1v) is 15.5. The molecule has 0 saturated carbocycles. The molecule has 8 nitrogen and oxygen atoms in total. The number of anilines is 1. The monoisotopic (exact) mass is 638 g/mol. The fraction of sp³-hybridized carbons (Fsp3) is 0.212. The van der Waals surface area contributed by atoms with Crippen LogP contribution in [0, 0.1) is 0 Å². The molecule has 4 aromatic carbocycles. The van der Waals surface area contributed by atoms with E-state index in [-0.39, 0.29) is 36.5 Å². The number of carboxylic acids is 1. The average Bonchev–Trinajstić information content (AvgIpc) is 3.42. The number of hydrogen-bond donors (Lipinski definition) is 2. The van der Waals surface area contributed by atoms with Crippen molar-refractivity contribution in [2.75, 3.05) is 17.5 Å². The second kappa shape index (κ2) is 13.0. The fourth-order valence-electron chi connectivity index (χ4n) is 5.12. The highest BCUT2D eigenvalue weighted by Crippen LogP contribution is 2.38. The van der Waals surface area contributed by atoms with Crippen molar-refractivity contribution in [1.29, 1.82) is 0 Å². The molecule has 0 aliphatic carbocycles. The van der Waals surface area contributed by atoms with Crippen LogP contribution < -0.4 is 14.4 Å². The minimum Gasteiger partial charge on any atom is -0.493 e. The molecule has 45 heavy (non-hydrogen) atoms. The van der Waals surface area contributed by atoms with Crippen LogP contribution >= 0.6 is 0 Å². The van der Waals surface area contributed by atoms with Gasteiger partial charge in [-0.1, -0.05) is 54.6 Å². The number of carboxylic acid groups (broad SMARTS) is 1. The Labute approximate surface area is 258 Å². The highest BCUT2D eigenvalue weighted by atomic mass is 32.2. The summed E-state index contributed by atoms with van der Waals surface area (Å²) in [6.07, 6.45) is -3.99. The second-order valence-electron chi connectivity index (χ2n) is 10.4. The standard InChI is InChI=1S/C33H29F3N2O6S/c34-33(35,36)26-6-3-5-24(20-26)23-10-14-28(15-11-23)45(42,43)38-29-7-2-1-4-25(29)21-30(38)32(41)37-18-16-22-8-12-27(13-9-22)44-19-17-31(39)40/h1-15,20,30H,16-19,21H2,(H,37,41)(H,39,40)/t30-/m0/s1. The summed E-state index contributed by atoms with van der Waals surface area (Å²) in [5.41, 5.74) is 1.87. The summed E-state index contributed by atoms with van der Waals surface area (Å²) >= 11 is 0. The Morgan fingerprint density at radius 3 is 2.31 bits per heavy atom. The zero-order valence-electron chi connectivity index (χ0n) is 23.8. The number of benzene rings is 4. The number of amides is 1. The molecule has 12 heteroatoms. The Hall–Kier alpha value is -4.84. The van der Waals surface area contributed by atoms with Crippen LogP contribution in [0.1, 0.15) is 23.1 Å². The van der Waals surface area contributed by atoms with E-state index in [1.54, 1.807) is 48.5 Å². The van der Waals surface area contributed by atoms with Crippen molar-refractivity contribution in [1.82, 2.24) is 5.32 Å². The maximum Gasteiger partial charge on any atom is 0.416 e. The van der Waals surface area contributed by atoms with Crippen molar-refractivity contribution in [3.05, 3.63) is 114 Å². The summed E-state index contributed by atoms with van der Waals surface area (Å²) in [5, 5.41) is 11.6. The van der Waals surface area contributed by atoms with Gasteiger partial charge in [0.25, 0.3) is 10.0 Å². The molecule has 0 radical (unpaired) electrons. The van der Waals surface area contributed by atoms with Gasteiger partial charge in [-0.05, 0) is 71.1 Å². The third-order valence-corrected chi connectivity index (χ3v) is 9.22. The zero-order valence-corrected chi connectivity index (χ0v) is 24.6. The minimum absolute atomic E-state index is 0.0495. The molecule has 1 aliphatic rings. The predicted molar refractivity (Wildman–Crippen MR) is 161 cm³/mol. The van der Waals surface area contributed by atoms with Gasteiger partial charge >= 0.3 is 12.1 Å². The average molecular weight is 639 g/mol. The number of alkyl halides is 3. The maximum atomic E-state index is 13.9. The molecular formula is C33H29F3N2O6S. The van der Waals surface area contributed by atoms with Crippen molar-refractivity contribution < 1.29 is 41.0 Å². The lowest BCUT2D eigenvalue weighted by molar-refractivity contribution is -0.138. The lowest BCUT2D eigenvalue weighted by atomic mass is 10.0. The number of aliphatic carboxylic acids is 1. The summed E-state index contributed by atoms with van der Waals surface area (Å²) in [5.74, 6) is -0.897.